The molecular formula is C33H51N5O6S. The predicted octanol–water partition coefficient (Wildman–Crippen LogP) is 5.66. The summed E-state index contributed by atoms with van der Waals surface area (Å²) in [5, 5.41) is 17.0. The number of aromatic nitrogens is 1. The largest absolute Gasteiger partial charge is 0.481 e. The van der Waals surface area contributed by atoms with Gasteiger partial charge in [0.1, 0.15) is 10.7 Å². The number of thiazole rings is 1. The quantitative estimate of drug-likeness (QED) is 0.151. The third kappa shape index (κ3) is 12.0. The summed E-state index contributed by atoms with van der Waals surface area (Å²) in [5.41, 5.74) is 7.47. The average Bonchev–Trinajstić information content (AvgIpc) is 3.49. The van der Waals surface area contributed by atoms with Crippen molar-refractivity contribution < 1.29 is 29.0 Å². The smallest absolute Gasteiger partial charge is 0.407 e. The lowest BCUT2D eigenvalue weighted by Gasteiger charge is -2.36. The molecule has 0 bridgehead atoms. The maximum absolute atomic E-state index is 13.4. The van der Waals surface area contributed by atoms with Gasteiger partial charge in [0.25, 0.3) is 5.91 Å². The maximum atomic E-state index is 13.4. The number of nitrogens with zero attached hydrogens (tertiary/aromatic N) is 2. The van der Waals surface area contributed by atoms with Gasteiger partial charge in [-0.25, -0.2) is 9.78 Å². The Morgan fingerprint density at radius 3 is 2.29 bits per heavy atom. The number of ether oxygens (including phenoxy) is 1. The zero-order valence-corrected chi connectivity index (χ0v) is 28.5. The second-order valence-electron chi connectivity index (χ2n) is 12.2. The van der Waals surface area contributed by atoms with Crippen LogP contribution in [-0.4, -0.2) is 64.5 Å². The Hall–Kier alpha value is -3.67. The number of hydrogen-bond acceptors (Lipinski definition) is 8. The summed E-state index contributed by atoms with van der Waals surface area (Å²) < 4.78 is 5.77. The van der Waals surface area contributed by atoms with E-state index < -0.39 is 36.0 Å². The van der Waals surface area contributed by atoms with Crippen LogP contribution in [0.5, 0.6) is 0 Å². The van der Waals surface area contributed by atoms with Crippen LogP contribution >= 0.6 is 11.3 Å². The summed E-state index contributed by atoms with van der Waals surface area (Å²) in [6.45, 7) is 12.4. The van der Waals surface area contributed by atoms with E-state index in [0.717, 1.165) is 18.4 Å². The predicted molar refractivity (Wildman–Crippen MR) is 177 cm³/mol. The van der Waals surface area contributed by atoms with Crippen molar-refractivity contribution in [2.24, 2.45) is 17.8 Å². The maximum Gasteiger partial charge on any atom is 0.407 e. The van der Waals surface area contributed by atoms with E-state index in [0.29, 0.717) is 36.5 Å². The van der Waals surface area contributed by atoms with Gasteiger partial charge in [-0.05, 0) is 48.8 Å². The van der Waals surface area contributed by atoms with E-state index in [-0.39, 0.29) is 35.9 Å². The molecule has 0 aliphatic rings. The van der Waals surface area contributed by atoms with E-state index in [1.54, 1.807) is 24.4 Å². The summed E-state index contributed by atoms with van der Waals surface area (Å²) in [6.07, 6.45) is 1.66. The van der Waals surface area contributed by atoms with Crippen molar-refractivity contribution >= 4 is 40.9 Å². The van der Waals surface area contributed by atoms with Gasteiger partial charge in [-0.15, -0.1) is 11.3 Å². The third-order valence-electron chi connectivity index (χ3n) is 7.97. The number of hydrogen-bond donors (Lipinski definition) is 4. The molecule has 0 fully saturated rings. The zero-order chi connectivity index (χ0) is 33.7. The van der Waals surface area contributed by atoms with Crippen molar-refractivity contribution in [1.82, 2.24) is 20.5 Å². The molecule has 5 atom stereocenters. The van der Waals surface area contributed by atoms with Crippen molar-refractivity contribution in [3.63, 3.8) is 0 Å². The van der Waals surface area contributed by atoms with Gasteiger partial charge in [-0.2, -0.15) is 0 Å². The van der Waals surface area contributed by atoms with Gasteiger partial charge in [-0.1, -0.05) is 60.1 Å². The Morgan fingerprint density at radius 2 is 1.73 bits per heavy atom. The van der Waals surface area contributed by atoms with Crippen LogP contribution in [0.2, 0.25) is 0 Å². The minimum Gasteiger partial charge on any atom is -0.481 e. The molecule has 0 saturated carbocycles. The topological polar surface area (TPSA) is 164 Å². The van der Waals surface area contributed by atoms with Crippen LogP contribution in [0.15, 0.2) is 29.6 Å². The number of carboxylic acid groups (broad SMARTS) is 1. The number of benzene rings is 1. The highest BCUT2D eigenvalue weighted by molar-refractivity contribution is 7.09. The van der Waals surface area contributed by atoms with E-state index in [9.17, 15) is 24.3 Å². The van der Waals surface area contributed by atoms with Gasteiger partial charge in [0.2, 0.25) is 5.91 Å². The van der Waals surface area contributed by atoms with Crippen molar-refractivity contribution in [2.75, 3.05) is 19.3 Å². The highest BCUT2D eigenvalue weighted by Crippen LogP contribution is 2.31. The molecule has 0 aliphatic carbocycles. The van der Waals surface area contributed by atoms with E-state index >= 15 is 0 Å². The summed E-state index contributed by atoms with van der Waals surface area (Å²) in [7, 11) is 1.47. The van der Waals surface area contributed by atoms with Gasteiger partial charge in [-0.3, -0.25) is 14.4 Å². The first-order valence-electron chi connectivity index (χ1n) is 15.8. The van der Waals surface area contributed by atoms with Gasteiger partial charge in [0.05, 0.1) is 5.92 Å². The molecule has 5 unspecified atom stereocenters. The molecule has 2 rings (SSSR count). The van der Waals surface area contributed by atoms with E-state index in [4.69, 9.17) is 10.5 Å². The van der Waals surface area contributed by atoms with Crippen molar-refractivity contribution in [3.8, 4) is 0 Å². The number of nitrogen functional groups attached to an aromatic ring is 1. The zero-order valence-electron chi connectivity index (χ0n) is 27.7. The van der Waals surface area contributed by atoms with Crippen LogP contribution in [0, 0.1) is 17.8 Å². The minimum atomic E-state index is -0.948. The molecule has 0 saturated heterocycles. The SMILES string of the molecule is CCCN(C(=O)CC(C)CC)C(CC(OC(=O)NC)c1nc(C(=O)NC(Cc2ccc(N)cc2)CC(C)C(=O)O)cs1)C(C)C. The molecule has 1 heterocycles. The second-order valence-corrected chi connectivity index (χ2v) is 13.0. The first-order valence-corrected chi connectivity index (χ1v) is 16.7. The lowest BCUT2D eigenvalue weighted by Crippen LogP contribution is -2.45. The van der Waals surface area contributed by atoms with Gasteiger partial charge >= 0.3 is 12.1 Å². The van der Waals surface area contributed by atoms with Crippen molar-refractivity contribution in [2.45, 2.75) is 98.3 Å². The van der Waals surface area contributed by atoms with Gasteiger partial charge in [0.15, 0.2) is 6.10 Å². The molecular weight excluding hydrogens is 594 g/mol. The highest BCUT2D eigenvalue weighted by Gasteiger charge is 2.33. The molecule has 250 valence electrons. The Labute approximate surface area is 271 Å². The molecule has 1 aromatic heterocycles. The number of nitrogens with one attached hydrogen (secondary N) is 2. The van der Waals surface area contributed by atoms with Crippen LogP contribution < -0.4 is 16.4 Å². The summed E-state index contributed by atoms with van der Waals surface area (Å²) >= 11 is 1.20. The third-order valence-corrected chi connectivity index (χ3v) is 8.91. The fourth-order valence-electron chi connectivity index (χ4n) is 5.10. The number of anilines is 1. The molecule has 5 N–H and O–H groups in total. The Kier molecular flexibility index (Phi) is 15.3. The molecule has 45 heavy (non-hydrogen) atoms. The molecule has 11 nitrogen and oxygen atoms in total. The van der Waals surface area contributed by atoms with Crippen molar-refractivity contribution in [3.05, 3.63) is 45.9 Å². The van der Waals surface area contributed by atoms with E-state index in [1.807, 2.05) is 37.8 Å². The van der Waals surface area contributed by atoms with Gasteiger partial charge < -0.3 is 31.1 Å². The Bertz CT molecular complexity index is 1250. The van der Waals surface area contributed by atoms with Crippen LogP contribution in [-0.2, 0) is 20.7 Å². The normalized spacial score (nSPS) is 14.6. The Morgan fingerprint density at radius 1 is 1.07 bits per heavy atom. The first-order chi connectivity index (χ1) is 21.3. The molecule has 3 amide bonds. The number of carboxylic acids is 1. The number of aliphatic carboxylic acids is 1. The van der Waals surface area contributed by atoms with E-state index in [1.165, 1.54) is 18.4 Å². The lowest BCUT2D eigenvalue weighted by atomic mass is 9.94. The number of rotatable bonds is 18. The minimum absolute atomic E-state index is 0.0706. The highest BCUT2D eigenvalue weighted by atomic mass is 32.1. The number of amides is 3. The standard InChI is InChI=1S/C33H51N5O6S/c1-8-14-38(29(39)15-21(5)9-2)27(20(3)4)18-28(44-33(43)35-7)31-37-26(19-45-31)30(40)36-25(16-22(6)32(41)42)17-23-10-12-24(34)13-11-23/h10-13,19-22,25,27-28H,8-9,14-18,34H2,1-7H3,(H,35,43)(H,36,40)(H,41,42). The number of carbonyl (C=O) groups is 4. The second kappa shape index (κ2) is 18.3. The van der Waals surface area contributed by atoms with Crippen LogP contribution in [0.4, 0.5) is 10.5 Å². The van der Waals surface area contributed by atoms with Gasteiger partial charge in [0, 0.05) is 49.6 Å². The lowest BCUT2D eigenvalue weighted by molar-refractivity contribution is -0.141. The van der Waals surface area contributed by atoms with Crippen molar-refractivity contribution in [1.29, 1.82) is 0 Å². The molecule has 0 spiro atoms. The van der Waals surface area contributed by atoms with Crippen LogP contribution in [0.1, 0.15) is 101 Å². The molecule has 12 heteroatoms. The molecule has 0 radical (unpaired) electrons. The van der Waals surface area contributed by atoms with Crippen LogP contribution in [0.25, 0.3) is 0 Å². The fraction of sp³-hybridized carbons (Fsp3) is 0.606. The average molecular weight is 646 g/mol. The molecule has 2 aromatic rings. The summed E-state index contributed by atoms with van der Waals surface area (Å²) in [6, 6.07) is 6.53. The summed E-state index contributed by atoms with van der Waals surface area (Å²) in [4.78, 5) is 57.3. The molecule has 1 aromatic carbocycles. The summed E-state index contributed by atoms with van der Waals surface area (Å²) in [5.74, 6) is -1.68. The number of nitrogens with two attached hydrogens (primary N) is 1. The first kappa shape index (κ1) is 37.5. The number of alkyl carbamates (subject to hydrolysis) is 1. The van der Waals surface area contributed by atoms with Crippen LogP contribution in [0.3, 0.4) is 0 Å². The number of carbonyl (C=O) groups excluding carboxylic acids is 3. The Balaban J connectivity index is 2.34. The monoisotopic (exact) mass is 645 g/mol. The van der Waals surface area contributed by atoms with E-state index in [2.05, 4.69) is 29.5 Å². The fourth-order valence-corrected chi connectivity index (χ4v) is 5.94. The molecule has 0 aliphatic heterocycles.